The molecule has 1 saturated heterocycles. The van der Waals surface area contributed by atoms with Crippen molar-refractivity contribution in [1.29, 1.82) is 0 Å². The Bertz CT molecular complexity index is 180. The van der Waals surface area contributed by atoms with Crippen LogP contribution in [0.2, 0.25) is 0 Å². The summed E-state index contributed by atoms with van der Waals surface area (Å²) >= 11 is 0. The largest absolute Gasteiger partial charge is 0.467 e. The van der Waals surface area contributed by atoms with Crippen LogP contribution in [0.15, 0.2) is 0 Å². The summed E-state index contributed by atoms with van der Waals surface area (Å²) in [5, 5.41) is 0. The van der Waals surface area contributed by atoms with Crippen LogP contribution in [0, 0.1) is 0 Å². The lowest BCUT2D eigenvalue weighted by Gasteiger charge is -2.04. The second-order valence-electron chi connectivity index (χ2n) is 2.97. The fourth-order valence-corrected chi connectivity index (χ4v) is 1.05. The van der Waals surface area contributed by atoms with E-state index in [2.05, 4.69) is 4.74 Å². The molecule has 0 aromatic rings. The Hall–Kier alpha value is -0.610. The third-order valence-corrected chi connectivity index (χ3v) is 1.89. The van der Waals surface area contributed by atoms with Crippen LogP contribution in [0.4, 0.5) is 0 Å². The molecule has 0 N–H and O–H groups in total. The number of hydrogen-bond acceptors (Lipinski definition) is 4. The van der Waals surface area contributed by atoms with Crippen molar-refractivity contribution in [3.63, 3.8) is 0 Å². The number of carbonyl (C=O) groups is 1. The van der Waals surface area contributed by atoms with Gasteiger partial charge in [-0.2, -0.15) is 0 Å². The molecule has 4 nitrogen and oxygen atoms in total. The van der Waals surface area contributed by atoms with Crippen molar-refractivity contribution in [2.45, 2.75) is 25.6 Å². The van der Waals surface area contributed by atoms with Gasteiger partial charge in [-0.05, 0) is 13.8 Å². The quantitative estimate of drug-likeness (QED) is 0.456. The van der Waals surface area contributed by atoms with E-state index in [0.29, 0.717) is 13.2 Å². The first-order chi connectivity index (χ1) is 5.64. The van der Waals surface area contributed by atoms with Gasteiger partial charge >= 0.3 is 5.97 Å². The molecule has 0 aromatic heterocycles. The van der Waals surface area contributed by atoms with Crippen molar-refractivity contribution in [2.75, 3.05) is 20.3 Å². The van der Waals surface area contributed by atoms with Gasteiger partial charge < -0.3 is 14.2 Å². The summed E-state index contributed by atoms with van der Waals surface area (Å²) in [5.74, 6) is -0.322. The maximum absolute atomic E-state index is 11.0. The minimum absolute atomic E-state index is 0.322. The average Bonchev–Trinajstić information content (AvgIpc) is 2.74. The van der Waals surface area contributed by atoms with Crippen LogP contribution in [0.1, 0.15) is 13.8 Å². The smallest absolute Gasteiger partial charge is 0.338 e. The van der Waals surface area contributed by atoms with Crippen molar-refractivity contribution in [1.82, 2.24) is 0 Å². The lowest BCUT2D eigenvalue weighted by molar-refractivity contribution is -0.142. The molecule has 1 fully saturated rings. The Labute approximate surface area is 71.8 Å². The first kappa shape index (κ1) is 9.48. The van der Waals surface area contributed by atoms with Gasteiger partial charge in [0.25, 0.3) is 0 Å². The minimum atomic E-state index is -0.455. The summed E-state index contributed by atoms with van der Waals surface area (Å²) in [4.78, 5) is 11.0. The molecule has 0 radical (unpaired) electrons. The van der Waals surface area contributed by atoms with Gasteiger partial charge in [-0.25, -0.2) is 4.79 Å². The molecule has 0 spiro atoms. The molecule has 2 atom stereocenters. The van der Waals surface area contributed by atoms with Gasteiger partial charge in [0.15, 0.2) is 6.10 Å². The zero-order valence-electron chi connectivity index (χ0n) is 7.62. The molecule has 70 valence electrons. The Morgan fingerprint density at radius 3 is 2.83 bits per heavy atom. The lowest BCUT2D eigenvalue weighted by Crippen LogP contribution is -2.23. The van der Waals surface area contributed by atoms with Crippen LogP contribution in [-0.4, -0.2) is 38.0 Å². The maximum Gasteiger partial charge on any atom is 0.338 e. The van der Waals surface area contributed by atoms with E-state index in [1.807, 2.05) is 13.8 Å². The molecule has 2 unspecified atom stereocenters. The van der Waals surface area contributed by atoms with Crippen molar-refractivity contribution >= 4 is 5.97 Å². The van der Waals surface area contributed by atoms with Gasteiger partial charge in [0, 0.05) is 6.61 Å². The molecule has 0 bridgehead atoms. The third kappa shape index (κ3) is 1.76. The second kappa shape index (κ2) is 3.41. The number of ether oxygens (including phenoxy) is 3. The predicted molar refractivity (Wildman–Crippen MR) is 41.8 cm³/mol. The Balaban J connectivity index is 2.32. The molecule has 1 aliphatic rings. The molecule has 4 heteroatoms. The molecule has 1 rings (SSSR count). The summed E-state index contributed by atoms with van der Waals surface area (Å²) in [6, 6.07) is 0. The molecule has 12 heavy (non-hydrogen) atoms. The Morgan fingerprint density at radius 2 is 2.33 bits per heavy atom. The van der Waals surface area contributed by atoms with E-state index in [4.69, 9.17) is 9.47 Å². The number of methoxy groups -OCH3 is 1. The van der Waals surface area contributed by atoms with Crippen LogP contribution in [0.3, 0.4) is 0 Å². The highest BCUT2D eigenvalue weighted by atomic mass is 16.7. The number of epoxide rings is 1. The highest BCUT2D eigenvalue weighted by Gasteiger charge is 2.58. The van der Waals surface area contributed by atoms with E-state index < -0.39 is 11.7 Å². The van der Waals surface area contributed by atoms with Crippen molar-refractivity contribution in [3.05, 3.63) is 0 Å². The zero-order valence-corrected chi connectivity index (χ0v) is 7.62. The number of esters is 1. The molecular formula is C8H14O4. The number of carbonyl (C=O) groups excluding carboxylic acids is 1. The summed E-state index contributed by atoms with van der Waals surface area (Å²) in [6.45, 7) is 4.82. The molecule has 1 heterocycles. The van der Waals surface area contributed by atoms with Crippen LogP contribution >= 0.6 is 0 Å². The number of rotatable bonds is 4. The highest BCUT2D eigenvalue weighted by molar-refractivity contribution is 5.79. The van der Waals surface area contributed by atoms with Gasteiger partial charge in [-0.1, -0.05) is 0 Å². The predicted octanol–water partition coefficient (Wildman–Crippen LogP) is 0.353. The van der Waals surface area contributed by atoms with E-state index in [1.54, 1.807) is 0 Å². The summed E-state index contributed by atoms with van der Waals surface area (Å²) in [6.07, 6.45) is -0.436. The van der Waals surface area contributed by atoms with Gasteiger partial charge in [-0.15, -0.1) is 0 Å². The molecule has 0 aliphatic carbocycles. The van der Waals surface area contributed by atoms with E-state index in [0.717, 1.165) is 0 Å². The van der Waals surface area contributed by atoms with Crippen LogP contribution < -0.4 is 0 Å². The third-order valence-electron chi connectivity index (χ3n) is 1.89. The first-order valence-corrected chi connectivity index (χ1v) is 3.97. The maximum atomic E-state index is 11.0. The molecule has 0 amide bonds. The van der Waals surface area contributed by atoms with Gasteiger partial charge in [0.05, 0.1) is 13.7 Å². The minimum Gasteiger partial charge on any atom is -0.467 e. The van der Waals surface area contributed by atoms with Crippen molar-refractivity contribution in [3.8, 4) is 0 Å². The molecular weight excluding hydrogens is 160 g/mol. The van der Waals surface area contributed by atoms with Crippen LogP contribution in [-0.2, 0) is 19.0 Å². The fraction of sp³-hybridized carbons (Fsp3) is 0.875. The van der Waals surface area contributed by atoms with E-state index >= 15 is 0 Å². The SMILES string of the molecule is CCOCC1(C)OC1C(=O)OC. The zero-order chi connectivity index (χ0) is 9.19. The summed E-state index contributed by atoms with van der Waals surface area (Å²) < 4.78 is 14.8. The van der Waals surface area contributed by atoms with E-state index in [1.165, 1.54) is 7.11 Å². The monoisotopic (exact) mass is 174 g/mol. The number of hydrogen-bond donors (Lipinski definition) is 0. The van der Waals surface area contributed by atoms with Gasteiger partial charge in [0.2, 0.25) is 0 Å². The summed E-state index contributed by atoms with van der Waals surface area (Å²) in [7, 11) is 1.35. The lowest BCUT2D eigenvalue weighted by atomic mass is 10.1. The molecule has 0 saturated carbocycles. The molecule has 1 aliphatic heterocycles. The normalized spacial score (nSPS) is 33.1. The highest BCUT2D eigenvalue weighted by Crippen LogP contribution is 2.36. The Morgan fingerprint density at radius 1 is 1.67 bits per heavy atom. The average molecular weight is 174 g/mol. The topological polar surface area (TPSA) is 48.1 Å². The fourth-order valence-electron chi connectivity index (χ4n) is 1.05. The molecule has 0 aromatic carbocycles. The summed E-state index contributed by atoms with van der Waals surface area (Å²) in [5.41, 5.74) is -0.455. The van der Waals surface area contributed by atoms with Crippen molar-refractivity contribution < 1.29 is 19.0 Å². The van der Waals surface area contributed by atoms with Crippen LogP contribution in [0.25, 0.3) is 0 Å². The van der Waals surface area contributed by atoms with Gasteiger partial charge in [0.1, 0.15) is 5.60 Å². The van der Waals surface area contributed by atoms with Crippen molar-refractivity contribution in [2.24, 2.45) is 0 Å². The standard InChI is InChI=1S/C8H14O4/c1-4-11-5-8(2)6(12-8)7(9)10-3/h6H,4-5H2,1-3H3. The van der Waals surface area contributed by atoms with E-state index in [9.17, 15) is 4.79 Å². The van der Waals surface area contributed by atoms with Gasteiger partial charge in [-0.3, -0.25) is 0 Å². The van der Waals surface area contributed by atoms with Crippen LogP contribution in [0.5, 0.6) is 0 Å². The van der Waals surface area contributed by atoms with E-state index in [-0.39, 0.29) is 5.97 Å². The Kier molecular flexibility index (Phi) is 2.69. The first-order valence-electron chi connectivity index (χ1n) is 3.97. The second-order valence-corrected chi connectivity index (χ2v) is 2.97.